The standard InChI is InChI=1S/C43H52Cl2F3N3O6S/c1-40(2,3)57-37(52)16-20-41(4,5)55-25-21-42(6,7)56-36-27-30(38(28-8-12-31(44)13-9-28)29-10-14-32(45)15-11-29)26-34-35(17-22-49-39(34)36)50-33-18-23-51(24-19-33)58(53,54)43(46,47)48/h8-15,17,22,26-27,33,38H,16,18-21,23-25H2,1-7H3,(H,49,50). The molecule has 0 radical (unpaired) electrons. The van der Waals surface area contributed by atoms with E-state index < -0.39 is 32.3 Å². The number of aromatic nitrogens is 1. The van der Waals surface area contributed by atoms with Gasteiger partial charge in [0.15, 0.2) is 0 Å². The Morgan fingerprint density at radius 3 is 1.95 bits per heavy atom. The Morgan fingerprint density at radius 2 is 1.41 bits per heavy atom. The van der Waals surface area contributed by atoms with Gasteiger partial charge in [-0.3, -0.25) is 9.78 Å². The summed E-state index contributed by atoms with van der Waals surface area (Å²) in [6, 6.07) is 20.7. The van der Waals surface area contributed by atoms with Crippen LogP contribution >= 0.6 is 23.2 Å². The summed E-state index contributed by atoms with van der Waals surface area (Å²) in [6.07, 6.45) is 3.16. The minimum atomic E-state index is -5.42. The van der Waals surface area contributed by atoms with E-state index in [1.54, 1.807) is 12.3 Å². The molecule has 0 bridgehead atoms. The fourth-order valence-electron chi connectivity index (χ4n) is 6.90. The number of pyridine rings is 1. The van der Waals surface area contributed by atoms with Crippen molar-refractivity contribution in [2.24, 2.45) is 0 Å². The first-order valence-electron chi connectivity index (χ1n) is 19.2. The van der Waals surface area contributed by atoms with Crippen LogP contribution in [0, 0.1) is 0 Å². The van der Waals surface area contributed by atoms with Gasteiger partial charge in [0, 0.05) is 65.2 Å². The zero-order chi connectivity index (χ0) is 42.7. The third-order valence-corrected chi connectivity index (χ3v) is 12.1. The van der Waals surface area contributed by atoms with E-state index in [2.05, 4.69) is 5.32 Å². The number of ether oxygens (including phenoxy) is 3. The number of nitrogens with one attached hydrogen (secondary N) is 1. The molecular formula is C43H52Cl2F3N3O6S. The Bertz CT molecular complexity index is 2110. The zero-order valence-electron chi connectivity index (χ0n) is 33.9. The second-order valence-corrected chi connectivity index (χ2v) is 19.7. The van der Waals surface area contributed by atoms with E-state index >= 15 is 0 Å². The molecule has 0 unspecified atom stereocenters. The van der Waals surface area contributed by atoms with Crippen LogP contribution in [0.2, 0.25) is 10.0 Å². The monoisotopic (exact) mass is 865 g/mol. The van der Waals surface area contributed by atoms with E-state index in [0.29, 0.717) is 56.1 Å². The van der Waals surface area contributed by atoms with Gasteiger partial charge in [0.05, 0.1) is 12.2 Å². The molecule has 1 aliphatic heterocycles. The summed E-state index contributed by atoms with van der Waals surface area (Å²) in [6.45, 7) is 13.1. The molecule has 316 valence electrons. The van der Waals surface area contributed by atoms with Gasteiger partial charge in [0.1, 0.15) is 22.5 Å². The van der Waals surface area contributed by atoms with Crippen molar-refractivity contribution in [2.45, 2.75) is 115 Å². The number of anilines is 1. The molecule has 1 fully saturated rings. The summed E-state index contributed by atoms with van der Waals surface area (Å²) in [4.78, 5) is 17.1. The van der Waals surface area contributed by atoms with Crippen molar-refractivity contribution in [3.8, 4) is 5.75 Å². The number of fused-ring (bicyclic) bond motifs is 1. The number of benzene rings is 3. The third-order valence-electron chi connectivity index (χ3n) is 9.95. The topological polar surface area (TPSA) is 107 Å². The minimum Gasteiger partial charge on any atom is -0.485 e. The second-order valence-electron chi connectivity index (χ2n) is 16.9. The van der Waals surface area contributed by atoms with Crippen LogP contribution in [-0.2, 0) is 24.3 Å². The smallest absolute Gasteiger partial charge is 0.485 e. The summed E-state index contributed by atoms with van der Waals surface area (Å²) < 4.78 is 83.2. The highest BCUT2D eigenvalue weighted by Gasteiger charge is 2.50. The average molecular weight is 867 g/mol. The average Bonchev–Trinajstić information content (AvgIpc) is 3.12. The largest absolute Gasteiger partial charge is 0.511 e. The van der Waals surface area contributed by atoms with Crippen LogP contribution in [-0.4, -0.2) is 71.7 Å². The highest BCUT2D eigenvalue weighted by molar-refractivity contribution is 7.90. The molecule has 2 heterocycles. The van der Waals surface area contributed by atoms with Crippen molar-refractivity contribution in [2.75, 3.05) is 25.0 Å². The lowest BCUT2D eigenvalue weighted by molar-refractivity contribution is -0.156. The molecule has 0 atom stereocenters. The fourth-order valence-corrected chi connectivity index (χ4v) is 8.13. The van der Waals surface area contributed by atoms with Crippen LogP contribution in [0.5, 0.6) is 5.75 Å². The van der Waals surface area contributed by atoms with Crippen LogP contribution in [0.25, 0.3) is 10.9 Å². The van der Waals surface area contributed by atoms with Crippen LogP contribution in [0.3, 0.4) is 0 Å². The lowest BCUT2D eigenvalue weighted by atomic mass is 9.84. The number of nitrogens with zero attached hydrogens (tertiary/aromatic N) is 2. The summed E-state index contributed by atoms with van der Waals surface area (Å²) >= 11 is 12.6. The Balaban J connectivity index is 1.47. The molecule has 0 saturated carbocycles. The van der Waals surface area contributed by atoms with Crippen molar-refractivity contribution in [1.82, 2.24) is 9.29 Å². The van der Waals surface area contributed by atoms with E-state index in [-0.39, 0.29) is 50.3 Å². The maximum Gasteiger partial charge on any atom is 0.511 e. The number of carbonyl (C=O) groups is 1. The molecule has 1 aromatic heterocycles. The van der Waals surface area contributed by atoms with Gasteiger partial charge in [0.2, 0.25) is 0 Å². The molecule has 9 nitrogen and oxygen atoms in total. The van der Waals surface area contributed by atoms with E-state index in [1.165, 1.54) is 0 Å². The highest BCUT2D eigenvalue weighted by Crippen LogP contribution is 2.41. The van der Waals surface area contributed by atoms with Gasteiger partial charge >= 0.3 is 21.5 Å². The number of esters is 1. The lowest BCUT2D eigenvalue weighted by Crippen LogP contribution is -2.47. The van der Waals surface area contributed by atoms with Gasteiger partial charge in [-0.1, -0.05) is 47.5 Å². The summed E-state index contributed by atoms with van der Waals surface area (Å²) in [5.41, 5.74) is -3.28. The zero-order valence-corrected chi connectivity index (χ0v) is 36.2. The normalized spacial score (nSPS) is 15.2. The molecule has 0 amide bonds. The number of hydrogen-bond acceptors (Lipinski definition) is 8. The molecule has 58 heavy (non-hydrogen) atoms. The maximum atomic E-state index is 13.3. The number of halogens is 5. The van der Waals surface area contributed by atoms with Gasteiger partial charge in [-0.25, -0.2) is 8.42 Å². The quantitative estimate of drug-likeness (QED) is 0.0930. The molecule has 1 N–H and O–H groups in total. The Labute approximate surface area is 349 Å². The predicted octanol–water partition coefficient (Wildman–Crippen LogP) is 10.9. The highest BCUT2D eigenvalue weighted by atomic mass is 35.5. The van der Waals surface area contributed by atoms with E-state index in [1.807, 2.05) is 109 Å². The molecule has 1 aliphatic rings. The molecule has 0 spiro atoms. The molecule has 15 heteroatoms. The number of alkyl halides is 3. The summed E-state index contributed by atoms with van der Waals surface area (Å²) in [5, 5.41) is 5.37. The van der Waals surface area contributed by atoms with Crippen LogP contribution in [0.4, 0.5) is 18.9 Å². The summed E-state index contributed by atoms with van der Waals surface area (Å²) in [5.74, 6) is -0.0805. The molecule has 5 rings (SSSR count). The molecular weight excluding hydrogens is 814 g/mol. The minimum absolute atomic E-state index is 0.168. The number of carbonyl (C=O) groups excluding carboxylic acids is 1. The number of sulfonamides is 1. The number of rotatable bonds is 15. The summed E-state index contributed by atoms with van der Waals surface area (Å²) in [7, 11) is -5.42. The van der Waals surface area contributed by atoms with Crippen molar-refractivity contribution in [3.05, 3.63) is 99.7 Å². The van der Waals surface area contributed by atoms with E-state index in [4.69, 9.17) is 42.4 Å². The van der Waals surface area contributed by atoms with Crippen molar-refractivity contribution < 1.29 is 40.6 Å². The van der Waals surface area contributed by atoms with E-state index in [9.17, 15) is 26.4 Å². The van der Waals surface area contributed by atoms with Gasteiger partial charge in [-0.05, 0) is 127 Å². The first-order chi connectivity index (χ1) is 26.9. The Kier molecular flexibility index (Phi) is 14.1. The van der Waals surface area contributed by atoms with Crippen molar-refractivity contribution in [3.63, 3.8) is 0 Å². The van der Waals surface area contributed by atoms with E-state index in [0.717, 1.165) is 16.7 Å². The maximum absolute atomic E-state index is 13.3. The van der Waals surface area contributed by atoms with Crippen LogP contribution in [0.15, 0.2) is 72.9 Å². The Morgan fingerprint density at radius 1 is 0.845 bits per heavy atom. The van der Waals surface area contributed by atoms with Gasteiger partial charge in [-0.2, -0.15) is 17.5 Å². The van der Waals surface area contributed by atoms with Gasteiger partial charge in [-0.15, -0.1) is 0 Å². The van der Waals surface area contributed by atoms with Gasteiger partial charge in [0.25, 0.3) is 0 Å². The molecule has 0 aliphatic carbocycles. The molecule has 4 aromatic rings. The SMILES string of the molecule is CC(C)(C)OC(=O)CCC(C)(C)OCCC(C)(C)Oc1cc(C(c2ccc(Cl)cc2)c2ccc(Cl)cc2)cc2c(NC3CCN(S(=O)(=O)C(F)(F)F)CC3)ccnc12. The van der Waals surface area contributed by atoms with Crippen LogP contribution < -0.4 is 10.1 Å². The molecule has 3 aromatic carbocycles. The van der Waals surface area contributed by atoms with Crippen molar-refractivity contribution >= 4 is 55.8 Å². The second kappa shape index (κ2) is 17.9. The predicted molar refractivity (Wildman–Crippen MR) is 223 cm³/mol. The molecule has 1 saturated heterocycles. The van der Waals surface area contributed by atoms with Gasteiger partial charge < -0.3 is 19.5 Å². The van der Waals surface area contributed by atoms with Crippen LogP contribution in [0.1, 0.15) is 103 Å². The number of piperidine rings is 1. The Hall–Kier alpha value is -3.62. The number of hydrogen-bond donors (Lipinski definition) is 1. The first kappa shape index (κ1) is 45.5. The van der Waals surface area contributed by atoms with Crippen molar-refractivity contribution in [1.29, 1.82) is 0 Å². The third kappa shape index (κ3) is 12.0. The first-order valence-corrected chi connectivity index (χ1v) is 21.4. The fraction of sp³-hybridized carbons (Fsp3) is 0.488. The lowest BCUT2D eigenvalue weighted by Gasteiger charge is -2.33.